The summed E-state index contributed by atoms with van der Waals surface area (Å²) in [5.74, 6) is 2.12. The lowest BCUT2D eigenvalue weighted by atomic mass is 10.3. The molecule has 2 heterocycles. The van der Waals surface area contributed by atoms with Gasteiger partial charge in [-0.1, -0.05) is 13.8 Å². The number of hydrogen-bond donors (Lipinski definition) is 0. The van der Waals surface area contributed by atoms with Crippen molar-refractivity contribution in [3.05, 3.63) is 35.2 Å². The van der Waals surface area contributed by atoms with Crippen molar-refractivity contribution in [3.63, 3.8) is 0 Å². The average Bonchev–Trinajstić information content (AvgIpc) is 2.86. The molecule has 0 N–H and O–H groups in total. The van der Waals surface area contributed by atoms with Gasteiger partial charge in [-0.25, -0.2) is 4.68 Å². The van der Waals surface area contributed by atoms with Crippen molar-refractivity contribution in [2.45, 2.75) is 53.4 Å². The van der Waals surface area contributed by atoms with Crippen molar-refractivity contribution in [1.29, 1.82) is 0 Å². The minimum atomic E-state index is 0.966. The summed E-state index contributed by atoms with van der Waals surface area (Å²) in [4.78, 5) is 0. The molecule has 0 bridgehead atoms. The van der Waals surface area contributed by atoms with Gasteiger partial charge in [0.2, 0.25) is 0 Å². The fourth-order valence-corrected chi connectivity index (χ4v) is 2.32. The summed E-state index contributed by atoms with van der Waals surface area (Å²) in [5.41, 5.74) is 2.45. The van der Waals surface area contributed by atoms with Crippen LogP contribution in [0.4, 0.5) is 0 Å². The summed E-state index contributed by atoms with van der Waals surface area (Å²) in [7, 11) is 0. The van der Waals surface area contributed by atoms with E-state index in [1.165, 1.54) is 11.4 Å². The van der Waals surface area contributed by atoms with Crippen LogP contribution in [0.3, 0.4) is 0 Å². The lowest BCUT2D eigenvalue weighted by molar-refractivity contribution is 0.552. The molecule has 18 heavy (non-hydrogen) atoms. The Labute approximate surface area is 109 Å². The van der Waals surface area contributed by atoms with Crippen molar-refractivity contribution < 1.29 is 0 Å². The summed E-state index contributed by atoms with van der Waals surface area (Å²) < 4.78 is 4.41. The van der Waals surface area contributed by atoms with Crippen LogP contribution in [-0.4, -0.2) is 19.5 Å². The fourth-order valence-electron chi connectivity index (χ4n) is 2.32. The Morgan fingerprint density at radius 2 is 1.28 bits per heavy atom. The molecule has 0 aromatic carbocycles. The molecule has 0 atom stereocenters. The monoisotopic (exact) mass is 246 g/mol. The van der Waals surface area contributed by atoms with E-state index in [0.29, 0.717) is 0 Å². The van der Waals surface area contributed by atoms with Gasteiger partial charge in [0.15, 0.2) is 11.6 Å². The standard InChI is InChI=1S/C14H22N4/c1-5-7-13-15-16-14(8-6-2)18(13)17-11(3)9-10-12(17)4/h9-10H,5-8H2,1-4H3. The van der Waals surface area contributed by atoms with Crippen LogP contribution in [0.15, 0.2) is 12.1 Å². The molecular formula is C14H22N4. The molecule has 0 unspecified atom stereocenters. The summed E-state index contributed by atoms with van der Waals surface area (Å²) >= 11 is 0. The van der Waals surface area contributed by atoms with E-state index in [-0.39, 0.29) is 0 Å². The Bertz CT molecular complexity index is 479. The third kappa shape index (κ3) is 2.19. The van der Waals surface area contributed by atoms with Crippen LogP contribution in [-0.2, 0) is 12.8 Å². The van der Waals surface area contributed by atoms with Crippen molar-refractivity contribution in [2.24, 2.45) is 0 Å². The van der Waals surface area contributed by atoms with Crippen LogP contribution in [0.5, 0.6) is 0 Å². The number of aryl methyl sites for hydroxylation is 4. The third-order valence-corrected chi connectivity index (χ3v) is 3.15. The van der Waals surface area contributed by atoms with Crippen LogP contribution >= 0.6 is 0 Å². The second-order valence-electron chi connectivity index (χ2n) is 4.77. The smallest absolute Gasteiger partial charge is 0.153 e. The predicted octanol–water partition coefficient (Wildman–Crippen LogP) is 2.91. The van der Waals surface area contributed by atoms with Gasteiger partial charge in [0.1, 0.15) is 0 Å². The first-order valence-corrected chi connectivity index (χ1v) is 6.77. The van der Waals surface area contributed by atoms with Gasteiger partial charge in [0.25, 0.3) is 0 Å². The number of nitrogens with zero attached hydrogens (tertiary/aromatic N) is 4. The zero-order chi connectivity index (χ0) is 13.1. The Hall–Kier alpha value is -1.58. The predicted molar refractivity (Wildman–Crippen MR) is 72.7 cm³/mol. The van der Waals surface area contributed by atoms with E-state index in [0.717, 1.165) is 37.3 Å². The van der Waals surface area contributed by atoms with Crippen LogP contribution in [0.1, 0.15) is 49.7 Å². The summed E-state index contributed by atoms with van der Waals surface area (Å²) in [5, 5.41) is 8.71. The van der Waals surface area contributed by atoms with Gasteiger partial charge in [0, 0.05) is 24.2 Å². The van der Waals surface area contributed by atoms with Crippen molar-refractivity contribution in [1.82, 2.24) is 19.5 Å². The highest BCUT2D eigenvalue weighted by atomic mass is 15.5. The average molecular weight is 246 g/mol. The minimum Gasteiger partial charge on any atom is -0.255 e. The first-order chi connectivity index (χ1) is 8.69. The normalized spacial score (nSPS) is 11.1. The van der Waals surface area contributed by atoms with Gasteiger partial charge in [-0.05, 0) is 38.8 Å². The second kappa shape index (κ2) is 5.38. The molecule has 0 saturated carbocycles. The van der Waals surface area contributed by atoms with Crippen LogP contribution in [0.2, 0.25) is 0 Å². The molecule has 2 aromatic heterocycles. The van der Waals surface area contributed by atoms with E-state index in [9.17, 15) is 0 Å². The lowest BCUT2D eigenvalue weighted by Crippen LogP contribution is -2.18. The molecule has 0 fully saturated rings. The molecule has 0 radical (unpaired) electrons. The maximum Gasteiger partial charge on any atom is 0.153 e. The highest BCUT2D eigenvalue weighted by Gasteiger charge is 2.14. The molecular weight excluding hydrogens is 224 g/mol. The Morgan fingerprint density at radius 3 is 1.67 bits per heavy atom. The van der Waals surface area contributed by atoms with Gasteiger partial charge in [-0.3, -0.25) is 4.68 Å². The molecule has 4 heteroatoms. The minimum absolute atomic E-state index is 0.966. The van der Waals surface area contributed by atoms with Crippen LogP contribution in [0.25, 0.3) is 0 Å². The first kappa shape index (κ1) is 12.9. The van der Waals surface area contributed by atoms with E-state index in [1.54, 1.807) is 0 Å². The first-order valence-electron chi connectivity index (χ1n) is 6.77. The molecule has 0 spiro atoms. The summed E-state index contributed by atoms with van der Waals surface area (Å²) in [6.45, 7) is 8.60. The molecule has 0 aliphatic rings. The van der Waals surface area contributed by atoms with Gasteiger partial charge in [0.05, 0.1) is 0 Å². The Balaban J connectivity index is 2.55. The fraction of sp³-hybridized carbons (Fsp3) is 0.571. The largest absolute Gasteiger partial charge is 0.255 e. The van der Waals surface area contributed by atoms with Crippen molar-refractivity contribution >= 4 is 0 Å². The summed E-state index contributed by atoms with van der Waals surface area (Å²) in [6, 6.07) is 4.28. The SMILES string of the molecule is CCCc1nnc(CCC)n1-n1c(C)ccc1C. The van der Waals surface area contributed by atoms with E-state index >= 15 is 0 Å². The van der Waals surface area contributed by atoms with E-state index in [2.05, 4.69) is 59.4 Å². The zero-order valence-corrected chi connectivity index (χ0v) is 11.8. The summed E-state index contributed by atoms with van der Waals surface area (Å²) in [6.07, 6.45) is 4.11. The van der Waals surface area contributed by atoms with Gasteiger partial charge in [-0.2, -0.15) is 0 Å². The Kier molecular flexibility index (Phi) is 3.84. The molecule has 98 valence electrons. The van der Waals surface area contributed by atoms with Crippen LogP contribution < -0.4 is 0 Å². The van der Waals surface area contributed by atoms with Gasteiger partial charge < -0.3 is 0 Å². The number of rotatable bonds is 5. The highest BCUT2D eigenvalue weighted by Crippen LogP contribution is 2.14. The maximum atomic E-state index is 4.35. The quantitative estimate of drug-likeness (QED) is 0.813. The van der Waals surface area contributed by atoms with Gasteiger partial charge >= 0.3 is 0 Å². The van der Waals surface area contributed by atoms with Crippen molar-refractivity contribution in [2.75, 3.05) is 0 Å². The molecule has 0 amide bonds. The zero-order valence-electron chi connectivity index (χ0n) is 11.8. The maximum absolute atomic E-state index is 4.35. The van der Waals surface area contributed by atoms with Crippen molar-refractivity contribution in [3.8, 4) is 0 Å². The van der Waals surface area contributed by atoms with Gasteiger partial charge in [-0.15, -0.1) is 10.2 Å². The third-order valence-electron chi connectivity index (χ3n) is 3.15. The molecule has 2 aromatic rings. The number of hydrogen-bond acceptors (Lipinski definition) is 2. The topological polar surface area (TPSA) is 35.6 Å². The molecule has 0 aliphatic carbocycles. The van der Waals surface area contributed by atoms with E-state index in [1.807, 2.05) is 0 Å². The molecule has 0 aliphatic heterocycles. The van der Waals surface area contributed by atoms with Crippen LogP contribution in [0, 0.1) is 13.8 Å². The van der Waals surface area contributed by atoms with E-state index < -0.39 is 0 Å². The number of aromatic nitrogens is 4. The lowest BCUT2D eigenvalue weighted by Gasteiger charge is -2.15. The molecule has 0 saturated heterocycles. The Morgan fingerprint density at radius 1 is 0.833 bits per heavy atom. The second-order valence-corrected chi connectivity index (χ2v) is 4.77. The highest BCUT2D eigenvalue weighted by molar-refractivity contribution is 5.16. The molecule has 2 rings (SSSR count). The van der Waals surface area contributed by atoms with E-state index in [4.69, 9.17) is 0 Å². The molecule has 4 nitrogen and oxygen atoms in total.